The molecule has 5 rings (SSSR count). The van der Waals surface area contributed by atoms with Crippen molar-refractivity contribution in [3.05, 3.63) is 20.8 Å². The quantitative estimate of drug-likeness (QED) is 0.818. The molecule has 104 valence electrons. The van der Waals surface area contributed by atoms with Crippen LogP contribution in [0, 0.1) is 23.2 Å². The monoisotopic (exact) mass is 339 g/mol. The van der Waals surface area contributed by atoms with Crippen LogP contribution in [0.25, 0.3) is 0 Å². The molecule has 1 N–H and O–H groups in total. The molecule has 0 aliphatic heterocycles. The number of halogens is 1. The number of rotatable bonds is 3. The first-order valence-electron chi connectivity index (χ1n) is 7.59. The first-order chi connectivity index (χ1) is 9.20. The Morgan fingerprint density at radius 3 is 2.16 bits per heavy atom. The lowest BCUT2D eigenvalue weighted by atomic mass is 9.47. The average Bonchev–Trinajstić information content (AvgIpc) is 2.74. The van der Waals surface area contributed by atoms with Gasteiger partial charge in [0.2, 0.25) is 0 Å². The van der Waals surface area contributed by atoms with Crippen molar-refractivity contribution in [1.82, 2.24) is 5.32 Å². The van der Waals surface area contributed by atoms with Crippen molar-refractivity contribution >= 4 is 27.3 Å². The summed E-state index contributed by atoms with van der Waals surface area (Å²) in [6, 6.07) is 0.557. The molecular weight excluding hydrogens is 318 g/mol. The molecule has 1 unspecified atom stereocenters. The van der Waals surface area contributed by atoms with E-state index in [9.17, 15) is 0 Å². The van der Waals surface area contributed by atoms with E-state index in [0.29, 0.717) is 11.5 Å². The molecule has 19 heavy (non-hydrogen) atoms. The van der Waals surface area contributed by atoms with E-state index in [0.717, 1.165) is 17.8 Å². The maximum Gasteiger partial charge on any atom is 0.0394 e. The maximum absolute atomic E-state index is 3.76. The Balaban J connectivity index is 1.72. The molecular formula is C16H22BrNS. The van der Waals surface area contributed by atoms with E-state index >= 15 is 0 Å². The Kier molecular flexibility index (Phi) is 3.09. The summed E-state index contributed by atoms with van der Waals surface area (Å²) in [4.78, 5) is 0. The Bertz CT molecular complexity index is 446. The number of nitrogens with one attached hydrogen (secondary N) is 1. The Morgan fingerprint density at radius 1 is 1.16 bits per heavy atom. The fourth-order valence-electron chi connectivity index (χ4n) is 5.82. The summed E-state index contributed by atoms with van der Waals surface area (Å²) in [5, 5.41) is 8.27. The molecule has 0 radical (unpaired) electrons. The van der Waals surface area contributed by atoms with Gasteiger partial charge in [0.1, 0.15) is 0 Å². The predicted octanol–water partition coefficient (Wildman–Crippen LogP) is 4.99. The summed E-state index contributed by atoms with van der Waals surface area (Å²) < 4.78 is 1.31. The van der Waals surface area contributed by atoms with Gasteiger partial charge in [0.15, 0.2) is 0 Å². The van der Waals surface area contributed by atoms with Crippen LogP contribution in [0.3, 0.4) is 0 Å². The van der Waals surface area contributed by atoms with Crippen LogP contribution < -0.4 is 5.32 Å². The average molecular weight is 340 g/mol. The van der Waals surface area contributed by atoms with Gasteiger partial charge in [0.05, 0.1) is 0 Å². The lowest BCUT2D eigenvalue weighted by Gasteiger charge is -2.59. The van der Waals surface area contributed by atoms with Gasteiger partial charge in [-0.25, -0.2) is 0 Å². The van der Waals surface area contributed by atoms with Gasteiger partial charge in [-0.05, 0) is 95.6 Å². The zero-order valence-electron chi connectivity index (χ0n) is 11.5. The van der Waals surface area contributed by atoms with Gasteiger partial charge < -0.3 is 5.32 Å². The van der Waals surface area contributed by atoms with Crippen molar-refractivity contribution in [3.8, 4) is 0 Å². The van der Waals surface area contributed by atoms with E-state index in [-0.39, 0.29) is 0 Å². The van der Waals surface area contributed by atoms with Crippen molar-refractivity contribution in [2.24, 2.45) is 23.2 Å². The van der Waals surface area contributed by atoms with E-state index in [4.69, 9.17) is 0 Å². The van der Waals surface area contributed by atoms with Gasteiger partial charge in [-0.1, -0.05) is 0 Å². The minimum atomic E-state index is 0.549. The minimum absolute atomic E-state index is 0.549. The van der Waals surface area contributed by atoms with Crippen LogP contribution in [-0.4, -0.2) is 7.05 Å². The predicted molar refractivity (Wildman–Crippen MR) is 84.4 cm³/mol. The van der Waals surface area contributed by atoms with Crippen LogP contribution >= 0.6 is 27.3 Å². The third-order valence-corrected chi connectivity index (χ3v) is 7.69. The standard InChI is InChI=1S/C16H22BrNS/c1-18-15(13-8-19-9-14(13)17)16-5-10-2-11(6-16)4-12(3-10)7-16/h8-12,15,18H,2-7H2,1H3. The molecule has 4 aliphatic carbocycles. The summed E-state index contributed by atoms with van der Waals surface area (Å²) in [5.41, 5.74) is 2.06. The lowest BCUT2D eigenvalue weighted by Crippen LogP contribution is -2.51. The zero-order chi connectivity index (χ0) is 13.0. The number of hydrogen-bond acceptors (Lipinski definition) is 2. The molecule has 1 aromatic rings. The highest BCUT2D eigenvalue weighted by atomic mass is 79.9. The van der Waals surface area contributed by atoms with Crippen LogP contribution in [0.5, 0.6) is 0 Å². The van der Waals surface area contributed by atoms with Crippen molar-refractivity contribution in [2.75, 3.05) is 7.05 Å². The third-order valence-electron chi connectivity index (χ3n) is 5.94. The normalized spacial score (nSPS) is 41.7. The second-order valence-electron chi connectivity index (χ2n) is 7.18. The highest BCUT2D eigenvalue weighted by Gasteiger charge is 2.54. The minimum Gasteiger partial charge on any atom is -0.312 e. The molecule has 0 saturated heterocycles. The molecule has 4 fully saturated rings. The fraction of sp³-hybridized carbons (Fsp3) is 0.750. The topological polar surface area (TPSA) is 12.0 Å². The molecule has 1 aromatic heterocycles. The zero-order valence-corrected chi connectivity index (χ0v) is 13.9. The third kappa shape index (κ3) is 1.96. The van der Waals surface area contributed by atoms with E-state index in [2.05, 4.69) is 39.1 Å². The Morgan fingerprint density at radius 2 is 1.74 bits per heavy atom. The number of thiophene rings is 1. The van der Waals surface area contributed by atoms with Crippen molar-refractivity contribution in [1.29, 1.82) is 0 Å². The highest BCUT2D eigenvalue weighted by Crippen LogP contribution is 2.64. The SMILES string of the molecule is CNC(c1cscc1Br)C12CC3CC(CC(C3)C1)C2. The number of hydrogen-bond donors (Lipinski definition) is 1. The van der Waals surface area contributed by atoms with Crippen molar-refractivity contribution in [3.63, 3.8) is 0 Å². The molecule has 0 spiro atoms. The van der Waals surface area contributed by atoms with Gasteiger partial charge in [0, 0.05) is 15.9 Å². The van der Waals surface area contributed by atoms with E-state index in [1.807, 2.05) is 11.3 Å². The van der Waals surface area contributed by atoms with E-state index < -0.39 is 0 Å². The first-order valence-corrected chi connectivity index (χ1v) is 9.32. The summed E-state index contributed by atoms with van der Waals surface area (Å²) >= 11 is 5.58. The molecule has 4 bridgehead atoms. The van der Waals surface area contributed by atoms with Gasteiger partial charge in [-0.15, -0.1) is 0 Å². The molecule has 1 heterocycles. The van der Waals surface area contributed by atoms with Crippen LogP contribution in [0.1, 0.15) is 50.1 Å². The Hall–Kier alpha value is 0.140. The van der Waals surface area contributed by atoms with Crippen molar-refractivity contribution < 1.29 is 0 Å². The van der Waals surface area contributed by atoms with Crippen LogP contribution in [0.2, 0.25) is 0 Å². The van der Waals surface area contributed by atoms with Gasteiger partial charge in [-0.3, -0.25) is 0 Å². The van der Waals surface area contributed by atoms with Crippen LogP contribution in [0.15, 0.2) is 15.2 Å². The summed E-state index contributed by atoms with van der Waals surface area (Å²) in [7, 11) is 2.16. The Labute approximate surface area is 128 Å². The molecule has 0 amide bonds. The van der Waals surface area contributed by atoms with Gasteiger partial charge >= 0.3 is 0 Å². The summed E-state index contributed by atoms with van der Waals surface area (Å²) in [6.07, 6.45) is 8.98. The summed E-state index contributed by atoms with van der Waals surface area (Å²) in [6.45, 7) is 0. The van der Waals surface area contributed by atoms with Crippen LogP contribution in [0.4, 0.5) is 0 Å². The maximum atomic E-state index is 3.76. The second-order valence-corrected chi connectivity index (χ2v) is 8.77. The molecule has 3 heteroatoms. The van der Waals surface area contributed by atoms with Gasteiger partial charge in [0.25, 0.3) is 0 Å². The first kappa shape index (κ1) is 12.8. The van der Waals surface area contributed by atoms with Crippen molar-refractivity contribution in [2.45, 2.75) is 44.6 Å². The molecule has 1 nitrogen and oxygen atoms in total. The van der Waals surface area contributed by atoms with Crippen LogP contribution in [-0.2, 0) is 0 Å². The second kappa shape index (κ2) is 4.57. The largest absolute Gasteiger partial charge is 0.312 e. The molecule has 1 atom stereocenters. The van der Waals surface area contributed by atoms with E-state index in [1.54, 1.807) is 0 Å². The lowest BCUT2D eigenvalue weighted by molar-refractivity contribution is -0.0736. The summed E-state index contributed by atoms with van der Waals surface area (Å²) in [5.74, 6) is 3.08. The molecule has 4 saturated carbocycles. The fourth-order valence-corrected chi connectivity index (χ4v) is 7.37. The molecule has 4 aliphatic rings. The highest BCUT2D eigenvalue weighted by molar-refractivity contribution is 9.10. The van der Waals surface area contributed by atoms with E-state index in [1.165, 1.54) is 48.6 Å². The molecule has 0 aromatic carbocycles. The smallest absolute Gasteiger partial charge is 0.0394 e. The van der Waals surface area contributed by atoms with Gasteiger partial charge in [-0.2, -0.15) is 11.3 Å².